The predicted molar refractivity (Wildman–Crippen MR) is 75.6 cm³/mol. The minimum absolute atomic E-state index is 0.194. The molecule has 0 radical (unpaired) electrons. The number of nitrogens with one attached hydrogen (secondary N) is 3. The molecular weight excluding hydrogens is 344 g/mol. The molecule has 2 aromatic heterocycles. The summed E-state index contributed by atoms with van der Waals surface area (Å²) in [5.41, 5.74) is 0.303. The fourth-order valence-corrected chi connectivity index (χ4v) is 2.51. The number of H-pyrrole nitrogens is 3. The summed E-state index contributed by atoms with van der Waals surface area (Å²) in [6.45, 7) is 0. The van der Waals surface area contributed by atoms with Gasteiger partial charge in [0.25, 0.3) is 0 Å². The van der Waals surface area contributed by atoms with Crippen LogP contribution in [0.15, 0.2) is 27.7 Å². The number of carboxylic acid groups (broad SMARTS) is 1. The van der Waals surface area contributed by atoms with E-state index >= 15 is 0 Å². The number of fused-ring (bicyclic) bond motifs is 1. The minimum Gasteiger partial charge on any atom is -0.477 e. The number of halogens is 1. The van der Waals surface area contributed by atoms with Gasteiger partial charge in [0, 0.05) is 10.0 Å². The topological polar surface area (TPSA) is 132 Å². The predicted octanol–water partition coefficient (Wildman–Crippen LogP) is 1.27. The molecule has 0 amide bonds. The van der Waals surface area contributed by atoms with E-state index in [1.165, 1.54) is 6.07 Å². The number of carbonyl (C=O) groups is 2. The van der Waals surface area contributed by atoms with E-state index in [0.29, 0.717) is 15.5 Å². The van der Waals surface area contributed by atoms with Crippen molar-refractivity contribution in [1.82, 2.24) is 19.9 Å². The quantitative estimate of drug-likeness (QED) is 0.528. The summed E-state index contributed by atoms with van der Waals surface area (Å²) in [5, 5.41) is 9.01. The number of carboxylic acids is 1. The van der Waals surface area contributed by atoms with Gasteiger partial charge in [0.15, 0.2) is 5.69 Å². The number of nitrogens with zero attached hydrogens (tertiary/aromatic N) is 1. The Hall–Kier alpha value is -2.68. The molecule has 0 saturated carbocycles. The molecule has 106 valence electrons. The van der Waals surface area contributed by atoms with E-state index in [4.69, 9.17) is 5.11 Å². The Morgan fingerprint density at radius 2 is 1.86 bits per heavy atom. The number of imidazole rings is 2. The number of benzene rings is 1. The van der Waals surface area contributed by atoms with E-state index < -0.39 is 17.4 Å². The standard InChI is InChI=1S/C12H7BrN4O4/c13-5-2-7-6(16-12(21)17-7)1-4(5)10(18)8-9(11(19)20)15-3-14-8/h1-3H,(H,14,15)(H,19,20)(H2,16,17,21). The molecule has 0 spiro atoms. The highest BCUT2D eigenvalue weighted by Crippen LogP contribution is 2.24. The van der Waals surface area contributed by atoms with E-state index in [-0.39, 0.29) is 17.0 Å². The Morgan fingerprint density at radius 1 is 1.19 bits per heavy atom. The SMILES string of the molecule is O=C(c1cc2[nH]c(=O)[nH]c2cc1Br)c1nc[nH]c1C(=O)O. The van der Waals surface area contributed by atoms with Crippen LogP contribution in [0.2, 0.25) is 0 Å². The van der Waals surface area contributed by atoms with Gasteiger partial charge in [0.2, 0.25) is 5.78 Å². The molecule has 0 unspecified atom stereocenters. The smallest absolute Gasteiger partial charge is 0.354 e. The molecule has 2 heterocycles. The third-order valence-corrected chi connectivity index (χ3v) is 3.57. The highest BCUT2D eigenvalue weighted by molar-refractivity contribution is 9.10. The van der Waals surface area contributed by atoms with Crippen molar-refractivity contribution >= 4 is 38.7 Å². The second-order valence-corrected chi connectivity index (χ2v) is 5.07. The number of carbonyl (C=O) groups excluding carboxylic acids is 1. The van der Waals surface area contributed by atoms with Gasteiger partial charge in [-0.3, -0.25) is 4.79 Å². The number of hydrogen-bond donors (Lipinski definition) is 4. The zero-order valence-corrected chi connectivity index (χ0v) is 11.8. The molecule has 4 N–H and O–H groups in total. The van der Waals surface area contributed by atoms with Crippen LogP contribution in [0.4, 0.5) is 0 Å². The van der Waals surface area contributed by atoms with Gasteiger partial charge in [-0.1, -0.05) is 0 Å². The van der Waals surface area contributed by atoms with Crippen LogP contribution in [-0.4, -0.2) is 36.8 Å². The largest absolute Gasteiger partial charge is 0.477 e. The van der Waals surface area contributed by atoms with Crippen LogP contribution in [0.25, 0.3) is 11.0 Å². The first-order valence-corrected chi connectivity index (χ1v) is 6.49. The van der Waals surface area contributed by atoms with Crippen LogP contribution in [0, 0.1) is 0 Å². The second-order valence-electron chi connectivity index (χ2n) is 4.22. The van der Waals surface area contributed by atoms with Crippen molar-refractivity contribution in [3.8, 4) is 0 Å². The summed E-state index contributed by atoms with van der Waals surface area (Å²) < 4.78 is 0.426. The zero-order chi connectivity index (χ0) is 15.1. The van der Waals surface area contributed by atoms with Crippen LogP contribution in [-0.2, 0) is 0 Å². The number of ketones is 1. The van der Waals surface area contributed by atoms with Crippen molar-refractivity contribution < 1.29 is 14.7 Å². The molecule has 3 aromatic rings. The van der Waals surface area contributed by atoms with Crippen molar-refractivity contribution in [2.45, 2.75) is 0 Å². The zero-order valence-electron chi connectivity index (χ0n) is 10.2. The lowest BCUT2D eigenvalue weighted by Crippen LogP contribution is -2.10. The fraction of sp³-hybridized carbons (Fsp3) is 0. The number of aromatic amines is 3. The Labute approximate surface area is 124 Å². The van der Waals surface area contributed by atoms with Gasteiger partial charge in [-0.25, -0.2) is 14.6 Å². The first kappa shape index (κ1) is 13.3. The third-order valence-electron chi connectivity index (χ3n) is 2.92. The van der Waals surface area contributed by atoms with Gasteiger partial charge in [-0.2, -0.15) is 0 Å². The van der Waals surface area contributed by atoms with Gasteiger partial charge in [-0.15, -0.1) is 0 Å². The molecule has 3 rings (SSSR count). The van der Waals surface area contributed by atoms with Crippen LogP contribution >= 0.6 is 15.9 Å². The Morgan fingerprint density at radius 3 is 2.52 bits per heavy atom. The summed E-state index contributed by atoms with van der Waals surface area (Å²) in [5.74, 6) is -1.84. The maximum atomic E-state index is 12.4. The lowest BCUT2D eigenvalue weighted by Gasteiger charge is -2.03. The molecule has 0 atom stereocenters. The highest BCUT2D eigenvalue weighted by Gasteiger charge is 2.23. The van der Waals surface area contributed by atoms with Crippen LogP contribution in [0.3, 0.4) is 0 Å². The molecule has 0 bridgehead atoms. The molecule has 0 aliphatic heterocycles. The van der Waals surface area contributed by atoms with E-state index in [2.05, 4.69) is 35.9 Å². The van der Waals surface area contributed by atoms with Gasteiger partial charge >= 0.3 is 11.7 Å². The third kappa shape index (κ3) is 2.17. The molecule has 0 fully saturated rings. The number of hydrogen-bond acceptors (Lipinski definition) is 4. The molecule has 8 nitrogen and oxygen atoms in total. The summed E-state index contributed by atoms with van der Waals surface area (Å²) in [6, 6.07) is 3.02. The first-order valence-electron chi connectivity index (χ1n) is 5.70. The summed E-state index contributed by atoms with van der Waals surface area (Å²) in [7, 11) is 0. The molecular formula is C12H7BrN4O4. The van der Waals surface area contributed by atoms with Gasteiger partial charge < -0.3 is 20.1 Å². The lowest BCUT2D eigenvalue weighted by atomic mass is 10.1. The van der Waals surface area contributed by atoms with Crippen molar-refractivity contribution in [3.63, 3.8) is 0 Å². The average Bonchev–Trinajstić information content (AvgIpc) is 3.02. The molecule has 0 saturated heterocycles. The van der Waals surface area contributed by atoms with Crippen LogP contribution in [0.1, 0.15) is 26.5 Å². The van der Waals surface area contributed by atoms with Crippen molar-refractivity contribution in [3.05, 3.63) is 50.4 Å². The maximum Gasteiger partial charge on any atom is 0.354 e. The summed E-state index contributed by atoms with van der Waals surface area (Å²) >= 11 is 3.23. The maximum absolute atomic E-state index is 12.4. The van der Waals surface area contributed by atoms with E-state index in [9.17, 15) is 14.4 Å². The number of rotatable bonds is 3. The van der Waals surface area contributed by atoms with E-state index in [1.54, 1.807) is 6.07 Å². The Kier molecular flexibility index (Phi) is 2.98. The minimum atomic E-state index is -1.27. The van der Waals surface area contributed by atoms with Gasteiger partial charge in [0.05, 0.1) is 17.4 Å². The summed E-state index contributed by atoms with van der Waals surface area (Å²) in [6.07, 6.45) is 1.14. The first-order chi connectivity index (χ1) is 9.97. The molecule has 1 aromatic carbocycles. The number of aromatic nitrogens is 4. The summed E-state index contributed by atoms with van der Waals surface area (Å²) in [4.78, 5) is 46.0. The molecule has 0 aliphatic rings. The van der Waals surface area contributed by atoms with Gasteiger partial charge in [0.1, 0.15) is 5.69 Å². The normalized spacial score (nSPS) is 10.9. The lowest BCUT2D eigenvalue weighted by molar-refractivity contribution is 0.0687. The second kappa shape index (κ2) is 4.70. The Bertz CT molecular complexity index is 936. The molecule has 9 heteroatoms. The van der Waals surface area contributed by atoms with Crippen LogP contribution in [0.5, 0.6) is 0 Å². The molecule has 0 aliphatic carbocycles. The number of aromatic carboxylic acids is 1. The van der Waals surface area contributed by atoms with Crippen molar-refractivity contribution in [2.75, 3.05) is 0 Å². The van der Waals surface area contributed by atoms with Crippen molar-refractivity contribution in [2.24, 2.45) is 0 Å². The average molecular weight is 351 g/mol. The van der Waals surface area contributed by atoms with Gasteiger partial charge in [-0.05, 0) is 28.1 Å². The Balaban J connectivity index is 2.17. The van der Waals surface area contributed by atoms with Crippen molar-refractivity contribution in [1.29, 1.82) is 0 Å². The monoisotopic (exact) mass is 350 g/mol. The highest BCUT2D eigenvalue weighted by atomic mass is 79.9. The fourth-order valence-electron chi connectivity index (χ4n) is 1.99. The van der Waals surface area contributed by atoms with Crippen LogP contribution < -0.4 is 5.69 Å². The molecule has 21 heavy (non-hydrogen) atoms. The van der Waals surface area contributed by atoms with E-state index in [1.807, 2.05) is 0 Å². The van der Waals surface area contributed by atoms with E-state index in [0.717, 1.165) is 6.33 Å².